The van der Waals surface area contributed by atoms with Crippen LogP contribution in [-0.4, -0.2) is 30.6 Å². The van der Waals surface area contributed by atoms with Gasteiger partial charge in [0.1, 0.15) is 5.75 Å². The van der Waals surface area contributed by atoms with Gasteiger partial charge in [-0.1, -0.05) is 12.1 Å². The third-order valence-corrected chi connectivity index (χ3v) is 3.08. The molecule has 110 valence electrons. The number of aliphatic carboxylic acids is 1. The maximum Gasteiger partial charge on any atom is 0.309 e. The highest BCUT2D eigenvalue weighted by Crippen LogP contribution is 2.20. The molecule has 0 radical (unpaired) electrons. The summed E-state index contributed by atoms with van der Waals surface area (Å²) in [4.78, 5) is 22.6. The van der Waals surface area contributed by atoms with E-state index < -0.39 is 11.4 Å². The summed E-state index contributed by atoms with van der Waals surface area (Å²) in [7, 11) is 1.61. The van der Waals surface area contributed by atoms with Gasteiger partial charge in [0.05, 0.1) is 12.5 Å². The minimum Gasteiger partial charge on any atom is -0.497 e. The number of ether oxygens (including phenoxy) is 1. The van der Waals surface area contributed by atoms with Crippen molar-refractivity contribution in [2.75, 3.05) is 13.7 Å². The van der Waals surface area contributed by atoms with E-state index in [4.69, 9.17) is 9.84 Å². The molecule has 0 bridgehead atoms. The van der Waals surface area contributed by atoms with Crippen LogP contribution < -0.4 is 10.1 Å². The van der Waals surface area contributed by atoms with Crippen molar-refractivity contribution in [1.29, 1.82) is 0 Å². The number of methoxy groups -OCH3 is 1. The van der Waals surface area contributed by atoms with Crippen molar-refractivity contribution in [2.24, 2.45) is 5.41 Å². The Morgan fingerprint density at radius 2 is 1.85 bits per heavy atom. The maximum atomic E-state index is 11.7. The molecule has 0 heterocycles. The fraction of sp³-hybridized carbons (Fsp3) is 0.467. The van der Waals surface area contributed by atoms with Gasteiger partial charge >= 0.3 is 5.97 Å². The number of rotatable bonds is 7. The van der Waals surface area contributed by atoms with Crippen LogP contribution >= 0.6 is 0 Å². The molecule has 0 aliphatic carbocycles. The van der Waals surface area contributed by atoms with E-state index in [1.54, 1.807) is 21.0 Å². The molecule has 5 heteroatoms. The molecule has 0 saturated heterocycles. The first-order valence-corrected chi connectivity index (χ1v) is 6.48. The van der Waals surface area contributed by atoms with Gasteiger partial charge in [0.2, 0.25) is 5.91 Å². The molecule has 1 rings (SSSR count). The van der Waals surface area contributed by atoms with Crippen molar-refractivity contribution >= 4 is 11.9 Å². The van der Waals surface area contributed by atoms with Gasteiger partial charge in [-0.05, 0) is 38.0 Å². The Hall–Kier alpha value is -2.04. The summed E-state index contributed by atoms with van der Waals surface area (Å²) in [5.41, 5.74) is 0.0492. The zero-order valence-corrected chi connectivity index (χ0v) is 12.1. The molecular weight excluding hydrogens is 258 g/mol. The van der Waals surface area contributed by atoms with E-state index in [0.717, 1.165) is 11.3 Å². The average molecular weight is 279 g/mol. The van der Waals surface area contributed by atoms with Gasteiger partial charge in [0, 0.05) is 13.0 Å². The molecule has 0 aliphatic rings. The van der Waals surface area contributed by atoms with Crippen LogP contribution in [0.15, 0.2) is 24.3 Å². The number of carbonyl (C=O) groups is 2. The van der Waals surface area contributed by atoms with Crippen LogP contribution in [0.25, 0.3) is 0 Å². The van der Waals surface area contributed by atoms with Crippen LogP contribution in [0.5, 0.6) is 5.75 Å². The molecule has 1 amide bonds. The van der Waals surface area contributed by atoms with Gasteiger partial charge in [-0.2, -0.15) is 0 Å². The molecule has 20 heavy (non-hydrogen) atoms. The summed E-state index contributed by atoms with van der Waals surface area (Å²) >= 11 is 0. The number of hydrogen-bond acceptors (Lipinski definition) is 3. The summed E-state index contributed by atoms with van der Waals surface area (Å²) in [5.74, 6) is -0.422. The normalized spacial score (nSPS) is 10.9. The van der Waals surface area contributed by atoms with E-state index >= 15 is 0 Å². The first-order chi connectivity index (χ1) is 9.35. The van der Waals surface area contributed by atoms with Crippen molar-refractivity contribution in [1.82, 2.24) is 5.32 Å². The minimum absolute atomic E-state index is 0.0229. The SMILES string of the molecule is COc1ccc(CCNC(=O)CC(C)(C)C(=O)O)cc1. The number of carbonyl (C=O) groups excluding carboxylic acids is 1. The summed E-state index contributed by atoms with van der Waals surface area (Å²) in [5, 5.41) is 11.7. The molecule has 0 atom stereocenters. The van der Waals surface area contributed by atoms with Crippen molar-refractivity contribution in [3.05, 3.63) is 29.8 Å². The van der Waals surface area contributed by atoms with Crippen LogP contribution in [-0.2, 0) is 16.0 Å². The first kappa shape index (κ1) is 16.0. The zero-order chi connectivity index (χ0) is 15.2. The van der Waals surface area contributed by atoms with Crippen LogP contribution in [0.3, 0.4) is 0 Å². The Bertz CT molecular complexity index is 465. The molecule has 0 fully saturated rings. The average Bonchev–Trinajstić information content (AvgIpc) is 2.38. The second-order valence-electron chi connectivity index (χ2n) is 5.31. The van der Waals surface area contributed by atoms with E-state index in [0.29, 0.717) is 13.0 Å². The van der Waals surface area contributed by atoms with Gasteiger partial charge in [-0.15, -0.1) is 0 Å². The van der Waals surface area contributed by atoms with Gasteiger partial charge < -0.3 is 15.2 Å². The highest BCUT2D eigenvalue weighted by molar-refractivity contribution is 5.84. The Morgan fingerprint density at radius 1 is 1.25 bits per heavy atom. The molecule has 0 unspecified atom stereocenters. The third kappa shape index (κ3) is 4.91. The van der Waals surface area contributed by atoms with E-state index in [2.05, 4.69) is 5.32 Å². The van der Waals surface area contributed by atoms with E-state index in [1.807, 2.05) is 24.3 Å². The zero-order valence-electron chi connectivity index (χ0n) is 12.1. The van der Waals surface area contributed by atoms with E-state index in [-0.39, 0.29) is 12.3 Å². The lowest BCUT2D eigenvalue weighted by Gasteiger charge is -2.18. The lowest BCUT2D eigenvalue weighted by Crippen LogP contribution is -2.34. The Labute approximate surface area is 118 Å². The number of benzene rings is 1. The molecule has 0 saturated carbocycles. The van der Waals surface area contributed by atoms with Crippen molar-refractivity contribution < 1.29 is 19.4 Å². The molecule has 0 spiro atoms. The maximum absolute atomic E-state index is 11.7. The van der Waals surface area contributed by atoms with Crippen molar-refractivity contribution in [3.8, 4) is 5.75 Å². The third-order valence-electron chi connectivity index (χ3n) is 3.08. The predicted octanol–water partition coefficient (Wildman–Crippen LogP) is 1.85. The fourth-order valence-corrected chi connectivity index (χ4v) is 1.68. The van der Waals surface area contributed by atoms with Gasteiger partial charge in [-0.25, -0.2) is 0 Å². The summed E-state index contributed by atoms with van der Waals surface area (Å²) in [6.45, 7) is 3.57. The topological polar surface area (TPSA) is 75.6 Å². The molecule has 0 aromatic heterocycles. The van der Waals surface area contributed by atoms with Gasteiger partial charge in [-0.3, -0.25) is 9.59 Å². The fourth-order valence-electron chi connectivity index (χ4n) is 1.68. The number of amides is 1. The lowest BCUT2D eigenvalue weighted by atomic mass is 9.89. The van der Waals surface area contributed by atoms with Crippen molar-refractivity contribution in [2.45, 2.75) is 26.7 Å². The van der Waals surface area contributed by atoms with Gasteiger partial charge in [0.15, 0.2) is 0 Å². The molecular formula is C15H21NO4. The number of nitrogens with one attached hydrogen (secondary N) is 1. The van der Waals surface area contributed by atoms with Crippen LogP contribution in [0.2, 0.25) is 0 Å². The van der Waals surface area contributed by atoms with E-state index in [1.165, 1.54) is 0 Å². The van der Waals surface area contributed by atoms with Crippen molar-refractivity contribution in [3.63, 3.8) is 0 Å². The smallest absolute Gasteiger partial charge is 0.309 e. The number of hydrogen-bond donors (Lipinski definition) is 2. The number of carboxylic acid groups (broad SMARTS) is 1. The molecule has 1 aromatic rings. The van der Waals surface area contributed by atoms with E-state index in [9.17, 15) is 9.59 Å². The quantitative estimate of drug-likeness (QED) is 0.798. The highest BCUT2D eigenvalue weighted by Gasteiger charge is 2.29. The summed E-state index contributed by atoms with van der Waals surface area (Å²) < 4.78 is 5.06. The molecule has 2 N–H and O–H groups in total. The van der Waals surface area contributed by atoms with Crippen LogP contribution in [0.4, 0.5) is 0 Å². The van der Waals surface area contributed by atoms with Gasteiger partial charge in [0.25, 0.3) is 0 Å². The Kier molecular flexibility index (Phi) is 5.55. The highest BCUT2D eigenvalue weighted by atomic mass is 16.5. The Balaban J connectivity index is 2.36. The standard InChI is InChI=1S/C15H21NO4/c1-15(2,14(18)19)10-13(17)16-9-8-11-4-6-12(20-3)7-5-11/h4-7H,8-10H2,1-3H3,(H,16,17)(H,18,19). The minimum atomic E-state index is -1.04. The van der Waals surface area contributed by atoms with Crippen LogP contribution in [0.1, 0.15) is 25.8 Å². The van der Waals surface area contributed by atoms with Crippen LogP contribution in [0, 0.1) is 5.41 Å². The molecule has 5 nitrogen and oxygen atoms in total. The lowest BCUT2D eigenvalue weighted by molar-refractivity contribution is -0.149. The second-order valence-corrected chi connectivity index (χ2v) is 5.31. The monoisotopic (exact) mass is 279 g/mol. The molecule has 1 aromatic carbocycles. The second kappa shape index (κ2) is 6.93. The summed E-state index contributed by atoms with van der Waals surface area (Å²) in [6.07, 6.45) is 0.675. The largest absolute Gasteiger partial charge is 0.497 e. The first-order valence-electron chi connectivity index (χ1n) is 6.48. The summed E-state index contributed by atoms with van der Waals surface area (Å²) in [6, 6.07) is 7.60. The predicted molar refractivity (Wildman–Crippen MR) is 75.7 cm³/mol. The molecule has 0 aliphatic heterocycles. The number of carboxylic acids is 1. The Morgan fingerprint density at radius 3 is 2.35 bits per heavy atom.